The Labute approximate surface area is 220 Å². The molecule has 0 heterocycles. The summed E-state index contributed by atoms with van der Waals surface area (Å²) in [7, 11) is 0. The molecule has 0 aliphatic heterocycles. The third kappa shape index (κ3) is 9.48. The third-order valence-corrected chi connectivity index (χ3v) is 5.70. The highest BCUT2D eigenvalue weighted by Crippen LogP contribution is 2.16. The van der Waals surface area contributed by atoms with E-state index in [0.29, 0.717) is 31.7 Å². The van der Waals surface area contributed by atoms with Crippen LogP contribution >= 0.6 is 0 Å². The lowest BCUT2D eigenvalue weighted by Gasteiger charge is -2.22. The van der Waals surface area contributed by atoms with Crippen LogP contribution in [0.2, 0.25) is 0 Å². The molecule has 0 radical (unpaired) electrons. The summed E-state index contributed by atoms with van der Waals surface area (Å²) in [6, 6.07) is 18.4. The maximum atomic E-state index is 13.2. The van der Waals surface area contributed by atoms with Crippen molar-refractivity contribution in [2.45, 2.75) is 32.3 Å². The number of carbonyl (C=O) groups excluding carboxylic acids is 1. The molecule has 1 amide bonds. The van der Waals surface area contributed by atoms with E-state index >= 15 is 0 Å². The molecule has 1 N–H and O–H groups in total. The molecule has 3 aromatic rings. The molecule has 0 fully saturated rings. The number of carboxylic acids is 1. The monoisotopic (exact) mass is 527 g/mol. The van der Waals surface area contributed by atoms with E-state index in [9.17, 15) is 23.5 Å². The zero-order valence-corrected chi connectivity index (χ0v) is 21.1. The van der Waals surface area contributed by atoms with Crippen LogP contribution in [0.5, 0.6) is 11.5 Å². The Morgan fingerprint density at radius 2 is 1.42 bits per heavy atom. The molecule has 3 aromatic carbocycles. The van der Waals surface area contributed by atoms with Crippen LogP contribution < -0.4 is 9.47 Å². The number of hydrogen-bond acceptors (Lipinski definition) is 5. The Kier molecular flexibility index (Phi) is 11.0. The second-order valence-electron chi connectivity index (χ2n) is 8.52. The zero-order chi connectivity index (χ0) is 27.3. The first-order valence-corrected chi connectivity index (χ1v) is 12.4. The first-order chi connectivity index (χ1) is 18.3. The fourth-order valence-corrected chi connectivity index (χ4v) is 3.72. The SMILES string of the molecule is CCOC(Cc1ccc(OCCN(CCCc2ccc(F)cc2)C(=O)Oc2ccc(F)cc2)cc1)C(=O)O. The van der Waals surface area contributed by atoms with Crippen LogP contribution in [-0.2, 0) is 22.4 Å². The summed E-state index contributed by atoms with van der Waals surface area (Å²) < 4.78 is 42.8. The number of benzene rings is 3. The molecule has 0 aliphatic rings. The van der Waals surface area contributed by atoms with Gasteiger partial charge in [-0.25, -0.2) is 18.4 Å². The predicted octanol–water partition coefficient (Wildman–Crippen LogP) is 5.51. The van der Waals surface area contributed by atoms with E-state index in [1.807, 2.05) is 0 Å². The topological polar surface area (TPSA) is 85.3 Å². The Balaban J connectivity index is 1.55. The van der Waals surface area contributed by atoms with Crippen LogP contribution in [0.25, 0.3) is 0 Å². The Bertz CT molecular complexity index is 1150. The van der Waals surface area contributed by atoms with Crippen LogP contribution in [0.1, 0.15) is 24.5 Å². The lowest BCUT2D eigenvalue weighted by molar-refractivity contribution is -0.149. The summed E-state index contributed by atoms with van der Waals surface area (Å²) >= 11 is 0. The molecule has 9 heteroatoms. The number of aryl methyl sites for hydroxylation is 1. The van der Waals surface area contributed by atoms with E-state index in [-0.39, 0.29) is 31.1 Å². The number of halogens is 2. The lowest BCUT2D eigenvalue weighted by atomic mass is 10.1. The number of aliphatic carboxylic acids is 1. The van der Waals surface area contributed by atoms with Crippen molar-refractivity contribution in [3.8, 4) is 11.5 Å². The first-order valence-electron chi connectivity index (χ1n) is 12.4. The Morgan fingerprint density at radius 3 is 2.03 bits per heavy atom. The number of carboxylic acid groups (broad SMARTS) is 1. The number of carbonyl (C=O) groups is 2. The minimum absolute atomic E-state index is 0.186. The molecular formula is C29H31F2NO6. The average Bonchev–Trinajstić information content (AvgIpc) is 2.90. The van der Waals surface area contributed by atoms with Crippen LogP contribution in [0, 0.1) is 11.6 Å². The van der Waals surface area contributed by atoms with Crippen LogP contribution in [0.4, 0.5) is 13.6 Å². The van der Waals surface area contributed by atoms with E-state index in [4.69, 9.17) is 14.2 Å². The van der Waals surface area contributed by atoms with Gasteiger partial charge in [-0.15, -0.1) is 0 Å². The first kappa shape index (κ1) is 28.6. The highest BCUT2D eigenvalue weighted by molar-refractivity contribution is 5.72. The summed E-state index contributed by atoms with van der Waals surface area (Å²) in [4.78, 5) is 25.6. The molecule has 202 valence electrons. The normalized spacial score (nSPS) is 11.6. The minimum atomic E-state index is -1.01. The van der Waals surface area contributed by atoms with Gasteiger partial charge in [0.25, 0.3) is 0 Å². The van der Waals surface area contributed by atoms with Crippen LogP contribution in [0.3, 0.4) is 0 Å². The van der Waals surface area contributed by atoms with Gasteiger partial charge >= 0.3 is 12.1 Å². The standard InChI is InChI=1S/C29H31F2NO6/c1-2-36-27(28(33)34)20-22-7-13-25(14-8-22)37-19-18-32(17-3-4-21-5-9-23(30)10-6-21)29(35)38-26-15-11-24(31)12-16-26/h5-16,27H,2-4,17-20H2,1H3,(H,33,34). The molecule has 0 saturated carbocycles. The Morgan fingerprint density at radius 1 is 0.842 bits per heavy atom. The third-order valence-electron chi connectivity index (χ3n) is 5.70. The predicted molar refractivity (Wildman–Crippen MR) is 137 cm³/mol. The van der Waals surface area contributed by atoms with Crippen molar-refractivity contribution in [2.75, 3.05) is 26.3 Å². The number of nitrogens with zero attached hydrogens (tertiary/aromatic N) is 1. The highest BCUT2D eigenvalue weighted by Gasteiger charge is 2.18. The van der Waals surface area contributed by atoms with Crippen molar-refractivity contribution in [3.05, 3.63) is 95.6 Å². The molecule has 0 spiro atoms. The molecule has 0 aromatic heterocycles. The number of amides is 1. The van der Waals surface area contributed by atoms with Gasteiger partial charge in [-0.3, -0.25) is 0 Å². The number of ether oxygens (including phenoxy) is 3. The second-order valence-corrected chi connectivity index (χ2v) is 8.52. The lowest BCUT2D eigenvalue weighted by Crippen LogP contribution is -2.37. The van der Waals surface area contributed by atoms with Crippen molar-refractivity contribution < 1.29 is 37.7 Å². The highest BCUT2D eigenvalue weighted by atomic mass is 19.1. The fraction of sp³-hybridized carbons (Fsp3) is 0.310. The molecule has 0 bridgehead atoms. The van der Waals surface area contributed by atoms with Gasteiger partial charge in [0.2, 0.25) is 0 Å². The molecule has 0 aliphatic carbocycles. The van der Waals surface area contributed by atoms with Gasteiger partial charge in [0.1, 0.15) is 29.7 Å². The van der Waals surface area contributed by atoms with Crippen LogP contribution in [-0.4, -0.2) is 54.5 Å². The van der Waals surface area contributed by atoms with E-state index in [1.54, 1.807) is 43.3 Å². The van der Waals surface area contributed by atoms with Gasteiger partial charge in [0.05, 0.1) is 6.54 Å². The minimum Gasteiger partial charge on any atom is -0.492 e. The van der Waals surface area contributed by atoms with Gasteiger partial charge < -0.3 is 24.2 Å². The van der Waals surface area contributed by atoms with E-state index in [2.05, 4.69) is 0 Å². The van der Waals surface area contributed by atoms with E-state index in [0.717, 1.165) is 11.1 Å². The zero-order valence-electron chi connectivity index (χ0n) is 21.1. The molecule has 0 saturated heterocycles. The average molecular weight is 528 g/mol. The summed E-state index contributed by atoms with van der Waals surface area (Å²) in [5, 5.41) is 9.25. The number of hydrogen-bond donors (Lipinski definition) is 1. The fourth-order valence-electron chi connectivity index (χ4n) is 3.72. The number of rotatable bonds is 14. The van der Waals surface area contributed by atoms with E-state index in [1.165, 1.54) is 41.3 Å². The summed E-state index contributed by atoms with van der Waals surface area (Å²) in [6.45, 7) is 2.84. The van der Waals surface area contributed by atoms with Crippen molar-refractivity contribution >= 4 is 12.1 Å². The maximum Gasteiger partial charge on any atom is 0.415 e. The molecular weight excluding hydrogens is 496 g/mol. The summed E-state index contributed by atoms with van der Waals surface area (Å²) in [6.07, 6.45) is -0.0148. The van der Waals surface area contributed by atoms with Gasteiger partial charge in [0.15, 0.2) is 6.10 Å². The van der Waals surface area contributed by atoms with E-state index < -0.39 is 24.0 Å². The summed E-state index contributed by atoms with van der Waals surface area (Å²) in [5.74, 6) is -0.964. The van der Waals surface area contributed by atoms with Gasteiger partial charge in [-0.05, 0) is 79.4 Å². The maximum absolute atomic E-state index is 13.2. The summed E-state index contributed by atoms with van der Waals surface area (Å²) in [5.41, 5.74) is 1.74. The molecule has 1 atom stereocenters. The van der Waals surface area contributed by atoms with Gasteiger partial charge in [-0.2, -0.15) is 0 Å². The molecule has 7 nitrogen and oxygen atoms in total. The van der Waals surface area contributed by atoms with Crippen molar-refractivity contribution in [1.29, 1.82) is 0 Å². The second kappa shape index (κ2) is 14.7. The smallest absolute Gasteiger partial charge is 0.415 e. The van der Waals surface area contributed by atoms with Crippen LogP contribution in [0.15, 0.2) is 72.8 Å². The molecule has 3 rings (SSSR count). The molecule has 38 heavy (non-hydrogen) atoms. The van der Waals surface area contributed by atoms with Gasteiger partial charge in [0, 0.05) is 19.6 Å². The van der Waals surface area contributed by atoms with Crippen molar-refractivity contribution in [1.82, 2.24) is 4.90 Å². The largest absolute Gasteiger partial charge is 0.492 e. The van der Waals surface area contributed by atoms with Crippen molar-refractivity contribution in [2.24, 2.45) is 0 Å². The Hall–Kier alpha value is -3.98. The van der Waals surface area contributed by atoms with Crippen molar-refractivity contribution in [3.63, 3.8) is 0 Å². The molecule has 1 unspecified atom stereocenters. The van der Waals surface area contributed by atoms with Gasteiger partial charge in [-0.1, -0.05) is 24.3 Å². The quantitative estimate of drug-likeness (QED) is 0.298.